The van der Waals surface area contributed by atoms with Crippen molar-refractivity contribution in [1.29, 1.82) is 0 Å². The third kappa shape index (κ3) is 5.21. The molecule has 4 aliphatic rings. The Hall–Kier alpha value is -0.900. The zero-order valence-corrected chi connectivity index (χ0v) is 21.6. The molecule has 0 aromatic carbocycles. The van der Waals surface area contributed by atoms with Gasteiger partial charge in [0.05, 0.1) is 17.8 Å². The molecule has 6 atom stereocenters. The van der Waals surface area contributed by atoms with Gasteiger partial charge in [0.25, 0.3) is 0 Å². The summed E-state index contributed by atoms with van der Waals surface area (Å²) in [4.78, 5) is 0. The predicted molar refractivity (Wildman–Crippen MR) is 136 cm³/mol. The number of hydrogen-bond acceptors (Lipinski definition) is 3. The molecule has 0 aliphatic heterocycles. The van der Waals surface area contributed by atoms with Crippen LogP contribution in [0.3, 0.4) is 0 Å². The van der Waals surface area contributed by atoms with Crippen LogP contribution in [0.1, 0.15) is 105 Å². The summed E-state index contributed by atoms with van der Waals surface area (Å²) < 4.78 is 0. The fourth-order valence-corrected chi connectivity index (χ4v) is 8.10. The van der Waals surface area contributed by atoms with Crippen LogP contribution >= 0.6 is 0 Å². The summed E-state index contributed by atoms with van der Waals surface area (Å²) in [6, 6.07) is 0. The molecule has 33 heavy (non-hydrogen) atoms. The summed E-state index contributed by atoms with van der Waals surface area (Å²) in [6.45, 7) is 13.2. The first-order chi connectivity index (χ1) is 15.4. The van der Waals surface area contributed by atoms with Gasteiger partial charge in [-0.1, -0.05) is 44.6 Å². The van der Waals surface area contributed by atoms with Crippen LogP contribution in [-0.4, -0.2) is 33.1 Å². The molecule has 0 spiro atoms. The van der Waals surface area contributed by atoms with Gasteiger partial charge in [-0.2, -0.15) is 0 Å². The molecule has 0 aromatic heterocycles. The highest BCUT2D eigenvalue weighted by molar-refractivity contribution is 5.38. The monoisotopic (exact) mass is 456 g/mol. The second kappa shape index (κ2) is 9.28. The van der Waals surface area contributed by atoms with Crippen LogP contribution in [0.15, 0.2) is 35.5 Å². The Kier molecular flexibility index (Phi) is 7.09. The summed E-state index contributed by atoms with van der Waals surface area (Å²) in [5, 5.41) is 30.6. The van der Waals surface area contributed by atoms with E-state index in [0.717, 1.165) is 35.8 Å². The van der Waals surface area contributed by atoms with Gasteiger partial charge >= 0.3 is 0 Å². The molecule has 0 saturated heterocycles. The zero-order valence-electron chi connectivity index (χ0n) is 21.6. The molecule has 4 fully saturated rings. The maximum atomic E-state index is 10.3. The molecule has 2 unspecified atom stereocenters. The van der Waals surface area contributed by atoms with Crippen LogP contribution in [0.2, 0.25) is 0 Å². The number of rotatable bonds is 7. The number of aliphatic hydroxyl groups is 3. The average Bonchev–Trinajstić information content (AvgIpc) is 3.50. The van der Waals surface area contributed by atoms with Crippen LogP contribution in [0.25, 0.3) is 0 Å². The Morgan fingerprint density at radius 1 is 1.06 bits per heavy atom. The van der Waals surface area contributed by atoms with E-state index in [1.807, 2.05) is 13.8 Å². The van der Waals surface area contributed by atoms with Gasteiger partial charge in [0.15, 0.2) is 0 Å². The van der Waals surface area contributed by atoms with Gasteiger partial charge < -0.3 is 15.3 Å². The lowest BCUT2D eigenvalue weighted by molar-refractivity contribution is 0.00449. The Morgan fingerprint density at radius 3 is 2.45 bits per heavy atom. The van der Waals surface area contributed by atoms with Crippen molar-refractivity contribution >= 4 is 0 Å². The highest BCUT2D eigenvalue weighted by atomic mass is 16.3. The second-order valence-corrected chi connectivity index (χ2v) is 13.1. The van der Waals surface area contributed by atoms with Crippen LogP contribution in [0, 0.1) is 28.6 Å². The zero-order chi connectivity index (χ0) is 24.0. The molecule has 0 radical (unpaired) electrons. The van der Waals surface area contributed by atoms with E-state index in [0.29, 0.717) is 29.6 Å². The van der Waals surface area contributed by atoms with Crippen molar-refractivity contribution in [2.24, 2.45) is 28.6 Å². The van der Waals surface area contributed by atoms with Crippen LogP contribution in [0.4, 0.5) is 0 Å². The summed E-state index contributed by atoms with van der Waals surface area (Å²) >= 11 is 0. The van der Waals surface area contributed by atoms with E-state index in [1.54, 1.807) is 5.57 Å². The van der Waals surface area contributed by atoms with Crippen molar-refractivity contribution in [2.45, 2.75) is 123 Å². The first-order valence-electron chi connectivity index (χ1n) is 13.6. The van der Waals surface area contributed by atoms with Gasteiger partial charge in [0.1, 0.15) is 0 Å². The van der Waals surface area contributed by atoms with E-state index in [9.17, 15) is 15.3 Å². The van der Waals surface area contributed by atoms with Crippen molar-refractivity contribution < 1.29 is 15.3 Å². The first kappa shape index (κ1) is 25.2. The Balaban J connectivity index is 1.54. The quantitative estimate of drug-likeness (QED) is 0.410. The van der Waals surface area contributed by atoms with E-state index in [2.05, 4.69) is 32.6 Å². The minimum Gasteiger partial charge on any atom is -0.393 e. The molecule has 0 bridgehead atoms. The minimum absolute atomic E-state index is 0.358. The Labute approximate surface area is 202 Å². The Bertz CT molecular complexity index is 798. The molecule has 3 N–H and O–H groups in total. The highest BCUT2D eigenvalue weighted by Crippen LogP contribution is 2.67. The maximum Gasteiger partial charge on any atom is 0.0811 e. The molecular weight excluding hydrogens is 408 g/mol. The smallest absolute Gasteiger partial charge is 0.0811 e. The van der Waals surface area contributed by atoms with E-state index < -0.39 is 17.8 Å². The molecule has 4 saturated carbocycles. The molecule has 4 rings (SSSR count). The van der Waals surface area contributed by atoms with Gasteiger partial charge in [0.2, 0.25) is 0 Å². The van der Waals surface area contributed by atoms with Crippen molar-refractivity contribution in [3.63, 3.8) is 0 Å². The van der Waals surface area contributed by atoms with Crippen LogP contribution < -0.4 is 0 Å². The van der Waals surface area contributed by atoms with E-state index in [1.165, 1.54) is 51.4 Å². The van der Waals surface area contributed by atoms with Gasteiger partial charge in [-0.15, -0.1) is 0 Å². The lowest BCUT2D eigenvalue weighted by atomic mass is 9.55. The SMILES string of the molecule is C=C1C(=CC=C2CCC[C@@]3(C)C2CC[C@@H]3[C@](C)(CCCC(C)(C)O)C2CC2)C[C@@H](O)CC1O. The molecule has 3 nitrogen and oxygen atoms in total. The molecule has 0 aromatic rings. The standard InChI is InChI=1S/C30H48O3/c1-20-22(18-24(31)19-26(20)32)10-9-21-8-6-16-30(5)25(21)13-14-27(30)29(4,23-11-12-23)17-7-15-28(2,3)33/h9-10,23-27,31-33H,1,6-8,11-19H2,2-5H3/t24-,25?,26?,27-,29-,30+/m1/s1. The van der Waals surface area contributed by atoms with Crippen LogP contribution in [-0.2, 0) is 0 Å². The van der Waals surface area contributed by atoms with E-state index >= 15 is 0 Å². The van der Waals surface area contributed by atoms with Crippen molar-refractivity contribution in [3.05, 3.63) is 35.5 Å². The molecule has 186 valence electrons. The maximum absolute atomic E-state index is 10.3. The fourth-order valence-electron chi connectivity index (χ4n) is 8.10. The number of hydrogen-bond donors (Lipinski definition) is 3. The minimum atomic E-state index is -0.617. The van der Waals surface area contributed by atoms with E-state index in [4.69, 9.17) is 0 Å². The average molecular weight is 457 g/mol. The second-order valence-electron chi connectivity index (χ2n) is 13.1. The van der Waals surface area contributed by atoms with Gasteiger partial charge in [0, 0.05) is 6.42 Å². The van der Waals surface area contributed by atoms with Gasteiger partial charge in [-0.3, -0.25) is 0 Å². The number of aliphatic hydroxyl groups excluding tert-OH is 2. The van der Waals surface area contributed by atoms with Gasteiger partial charge in [-0.05, 0) is 118 Å². The highest BCUT2D eigenvalue weighted by Gasteiger charge is 2.58. The fraction of sp³-hybridized carbons (Fsp3) is 0.800. The number of fused-ring (bicyclic) bond motifs is 1. The molecule has 3 heteroatoms. The third-order valence-corrected chi connectivity index (χ3v) is 10.0. The van der Waals surface area contributed by atoms with Crippen LogP contribution in [0.5, 0.6) is 0 Å². The van der Waals surface area contributed by atoms with Gasteiger partial charge in [-0.25, -0.2) is 0 Å². The molecule has 0 heterocycles. The summed E-state index contributed by atoms with van der Waals surface area (Å²) in [5.74, 6) is 2.27. The number of allylic oxidation sites excluding steroid dienone is 3. The lowest BCUT2D eigenvalue weighted by Crippen LogP contribution is -2.42. The molecular formula is C30H48O3. The lowest BCUT2D eigenvalue weighted by Gasteiger charge is -2.50. The van der Waals surface area contributed by atoms with E-state index in [-0.39, 0.29) is 0 Å². The summed E-state index contributed by atoms with van der Waals surface area (Å²) in [5.41, 5.74) is 3.57. The predicted octanol–water partition coefficient (Wildman–Crippen LogP) is 6.48. The topological polar surface area (TPSA) is 60.7 Å². The molecule has 0 amide bonds. The summed E-state index contributed by atoms with van der Waals surface area (Å²) in [7, 11) is 0. The Morgan fingerprint density at radius 2 is 1.79 bits per heavy atom. The first-order valence-corrected chi connectivity index (χ1v) is 13.6. The third-order valence-electron chi connectivity index (χ3n) is 10.0. The van der Waals surface area contributed by atoms with Crippen molar-refractivity contribution in [3.8, 4) is 0 Å². The summed E-state index contributed by atoms with van der Waals surface area (Å²) in [6.07, 6.45) is 16.8. The molecule has 4 aliphatic carbocycles. The van der Waals surface area contributed by atoms with Crippen molar-refractivity contribution in [1.82, 2.24) is 0 Å². The largest absolute Gasteiger partial charge is 0.393 e. The van der Waals surface area contributed by atoms with Crippen molar-refractivity contribution in [2.75, 3.05) is 0 Å². The normalized spacial score (nSPS) is 39.7.